The Morgan fingerprint density at radius 2 is 2.04 bits per heavy atom. The van der Waals surface area contributed by atoms with Crippen LogP contribution in [0.3, 0.4) is 0 Å². The quantitative estimate of drug-likeness (QED) is 0.537. The molecule has 1 saturated carbocycles. The topological polar surface area (TPSA) is 86.5 Å². The zero-order chi connectivity index (χ0) is 16.8. The Morgan fingerprint density at radius 1 is 1.16 bits per heavy atom. The Balaban J connectivity index is 1.47. The number of benzene rings is 2. The van der Waals surface area contributed by atoms with Gasteiger partial charge >= 0.3 is 0 Å². The second kappa shape index (κ2) is 5.44. The van der Waals surface area contributed by atoms with E-state index in [1.54, 1.807) is 0 Å². The summed E-state index contributed by atoms with van der Waals surface area (Å²) in [4.78, 5) is 19.9. The van der Waals surface area contributed by atoms with Crippen molar-refractivity contribution in [3.8, 4) is 11.5 Å². The highest BCUT2D eigenvalue weighted by Crippen LogP contribution is 2.27. The first-order valence-corrected chi connectivity index (χ1v) is 8.48. The van der Waals surface area contributed by atoms with Gasteiger partial charge in [0.1, 0.15) is 5.69 Å². The van der Waals surface area contributed by atoms with Gasteiger partial charge in [-0.3, -0.25) is 9.89 Å². The lowest BCUT2D eigenvalue weighted by molar-refractivity contribution is -0.120. The number of H-pyrrole nitrogens is 2. The fraction of sp³-hybridized carbons (Fsp3) is 0.211. The van der Waals surface area contributed by atoms with E-state index < -0.39 is 0 Å². The number of imidazole rings is 1. The summed E-state index contributed by atoms with van der Waals surface area (Å²) in [6.45, 7) is 0. The summed E-state index contributed by atoms with van der Waals surface area (Å²) in [6, 6.07) is 14.3. The van der Waals surface area contributed by atoms with Gasteiger partial charge in [-0.2, -0.15) is 5.10 Å². The molecule has 5 rings (SSSR count). The Labute approximate surface area is 143 Å². The summed E-state index contributed by atoms with van der Waals surface area (Å²) >= 11 is 0. The van der Waals surface area contributed by atoms with Crippen LogP contribution in [0.4, 0.5) is 0 Å². The maximum absolute atomic E-state index is 12.0. The molecule has 0 spiro atoms. The fourth-order valence-electron chi connectivity index (χ4n) is 3.11. The van der Waals surface area contributed by atoms with Gasteiger partial charge in [0, 0.05) is 11.4 Å². The molecule has 1 aliphatic rings. The first-order chi connectivity index (χ1) is 12.3. The molecule has 2 aromatic heterocycles. The molecule has 4 aromatic rings. The van der Waals surface area contributed by atoms with Gasteiger partial charge in [-0.25, -0.2) is 4.98 Å². The molecule has 1 aliphatic carbocycles. The van der Waals surface area contributed by atoms with Crippen LogP contribution in [0.25, 0.3) is 33.5 Å². The van der Waals surface area contributed by atoms with Crippen molar-refractivity contribution in [3.63, 3.8) is 0 Å². The van der Waals surface area contributed by atoms with E-state index in [1.807, 2.05) is 42.5 Å². The number of amides is 1. The number of aromatic amines is 2. The molecule has 0 atom stereocenters. The van der Waals surface area contributed by atoms with E-state index in [1.165, 1.54) is 0 Å². The van der Waals surface area contributed by atoms with Gasteiger partial charge in [0.15, 0.2) is 5.82 Å². The number of carbonyl (C=O) groups excluding carboxylic acids is 1. The molecular formula is C19H17N5O. The van der Waals surface area contributed by atoms with E-state index in [4.69, 9.17) is 0 Å². The fourth-order valence-corrected chi connectivity index (χ4v) is 3.11. The summed E-state index contributed by atoms with van der Waals surface area (Å²) in [5.41, 5.74) is 4.59. The Kier molecular flexibility index (Phi) is 3.09. The second-order valence-electron chi connectivity index (χ2n) is 6.57. The zero-order valence-electron chi connectivity index (χ0n) is 13.5. The summed E-state index contributed by atoms with van der Waals surface area (Å²) in [7, 11) is 0. The number of nitrogens with zero attached hydrogens (tertiary/aromatic N) is 2. The predicted molar refractivity (Wildman–Crippen MR) is 96.1 cm³/mol. The van der Waals surface area contributed by atoms with E-state index in [-0.39, 0.29) is 5.91 Å². The van der Waals surface area contributed by atoms with Gasteiger partial charge < -0.3 is 10.3 Å². The molecule has 2 aromatic carbocycles. The SMILES string of the molecule is O=C(Cc1ccc2c(-c3nc4ccccc4[nH]3)n[nH]c2c1)NC1CC1. The molecule has 2 heterocycles. The van der Waals surface area contributed by atoms with Crippen LogP contribution in [-0.2, 0) is 11.2 Å². The van der Waals surface area contributed by atoms with Crippen molar-refractivity contribution in [1.82, 2.24) is 25.5 Å². The van der Waals surface area contributed by atoms with Crippen molar-refractivity contribution in [3.05, 3.63) is 48.0 Å². The molecule has 1 fully saturated rings. The average molecular weight is 331 g/mol. The van der Waals surface area contributed by atoms with E-state index >= 15 is 0 Å². The molecule has 0 bridgehead atoms. The normalized spacial score (nSPS) is 14.2. The third-order valence-corrected chi connectivity index (χ3v) is 4.55. The number of rotatable bonds is 4. The summed E-state index contributed by atoms with van der Waals surface area (Å²) in [6.07, 6.45) is 2.60. The molecule has 1 amide bonds. The summed E-state index contributed by atoms with van der Waals surface area (Å²) < 4.78 is 0. The standard InChI is InChI=1S/C19H17N5O/c25-17(20-12-6-7-12)10-11-5-8-13-16(9-11)23-24-18(13)19-21-14-3-1-2-4-15(14)22-19/h1-5,8-9,12H,6-7,10H2,(H,20,25)(H,21,22)(H,23,24). The third kappa shape index (κ3) is 2.65. The van der Waals surface area contributed by atoms with Crippen LogP contribution in [0.5, 0.6) is 0 Å². The first kappa shape index (κ1) is 14.2. The van der Waals surface area contributed by atoms with Gasteiger partial charge in [-0.1, -0.05) is 24.3 Å². The second-order valence-corrected chi connectivity index (χ2v) is 6.57. The van der Waals surface area contributed by atoms with Crippen LogP contribution in [0.15, 0.2) is 42.5 Å². The van der Waals surface area contributed by atoms with Crippen LogP contribution >= 0.6 is 0 Å². The molecule has 6 nitrogen and oxygen atoms in total. The molecule has 0 aliphatic heterocycles. The molecule has 124 valence electrons. The van der Waals surface area contributed by atoms with E-state index in [0.717, 1.165) is 51.9 Å². The van der Waals surface area contributed by atoms with Crippen LogP contribution in [0, 0.1) is 0 Å². The highest BCUT2D eigenvalue weighted by Gasteiger charge is 2.23. The third-order valence-electron chi connectivity index (χ3n) is 4.55. The van der Waals surface area contributed by atoms with Gasteiger partial charge in [0.2, 0.25) is 5.91 Å². The maximum Gasteiger partial charge on any atom is 0.224 e. The number of nitrogens with one attached hydrogen (secondary N) is 3. The number of para-hydroxylation sites is 2. The Bertz CT molecular complexity index is 1060. The van der Waals surface area contributed by atoms with Crippen LogP contribution in [-0.4, -0.2) is 32.1 Å². The molecule has 0 unspecified atom stereocenters. The van der Waals surface area contributed by atoms with Gasteiger partial charge in [-0.15, -0.1) is 0 Å². The largest absolute Gasteiger partial charge is 0.353 e. The number of aromatic nitrogens is 4. The lowest BCUT2D eigenvalue weighted by Gasteiger charge is -2.03. The Morgan fingerprint density at radius 3 is 2.88 bits per heavy atom. The van der Waals surface area contributed by atoms with Crippen molar-refractivity contribution in [1.29, 1.82) is 0 Å². The van der Waals surface area contributed by atoms with Crippen molar-refractivity contribution in [2.45, 2.75) is 25.3 Å². The minimum Gasteiger partial charge on any atom is -0.353 e. The van der Waals surface area contributed by atoms with Gasteiger partial charge in [-0.05, 0) is 36.6 Å². The molecule has 6 heteroatoms. The number of carbonyl (C=O) groups is 1. The van der Waals surface area contributed by atoms with Crippen molar-refractivity contribution < 1.29 is 4.79 Å². The lowest BCUT2D eigenvalue weighted by atomic mass is 10.1. The number of fused-ring (bicyclic) bond motifs is 2. The molecule has 0 saturated heterocycles. The summed E-state index contributed by atoms with van der Waals surface area (Å²) in [5.74, 6) is 0.825. The van der Waals surface area contributed by atoms with E-state index in [9.17, 15) is 4.79 Å². The monoisotopic (exact) mass is 331 g/mol. The van der Waals surface area contributed by atoms with E-state index in [0.29, 0.717) is 12.5 Å². The highest BCUT2D eigenvalue weighted by molar-refractivity contribution is 5.94. The Hall–Kier alpha value is -3.15. The first-order valence-electron chi connectivity index (χ1n) is 8.48. The van der Waals surface area contributed by atoms with Crippen LogP contribution < -0.4 is 5.32 Å². The average Bonchev–Trinajstić information content (AvgIpc) is 3.17. The predicted octanol–water partition coefficient (Wildman–Crippen LogP) is 2.93. The van der Waals surface area contributed by atoms with Gasteiger partial charge in [0.05, 0.1) is 23.0 Å². The highest BCUT2D eigenvalue weighted by atomic mass is 16.1. The minimum absolute atomic E-state index is 0.0823. The van der Waals surface area contributed by atoms with Crippen LogP contribution in [0.1, 0.15) is 18.4 Å². The number of hydrogen-bond acceptors (Lipinski definition) is 3. The molecule has 25 heavy (non-hydrogen) atoms. The zero-order valence-corrected chi connectivity index (χ0v) is 13.5. The van der Waals surface area contributed by atoms with E-state index in [2.05, 4.69) is 25.5 Å². The molecular weight excluding hydrogens is 314 g/mol. The maximum atomic E-state index is 12.0. The molecule has 0 radical (unpaired) electrons. The lowest BCUT2D eigenvalue weighted by Crippen LogP contribution is -2.26. The van der Waals surface area contributed by atoms with Crippen molar-refractivity contribution in [2.24, 2.45) is 0 Å². The molecule has 3 N–H and O–H groups in total. The minimum atomic E-state index is 0.0823. The van der Waals surface area contributed by atoms with Gasteiger partial charge in [0.25, 0.3) is 0 Å². The summed E-state index contributed by atoms with van der Waals surface area (Å²) in [5, 5.41) is 11.5. The van der Waals surface area contributed by atoms with Crippen LogP contribution in [0.2, 0.25) is 0 Å². The van der Waals surface area contributed by atoms with Crippen molar-refractivity contribution >= 4 is 27.8 Å². The number of hydrogen-bond donors (Lipinski definition) is 3. The smallest absolute Gasteiger partial charge is 0.224 e. The van der Waals surface area contributed by atoms with Crippen molar-refractivity contribution in [2.75, 3.05) is 0 Å².